The summed E-state index contributed by atoms with van der Waals surface area (Å²) in [6.07, 6.45) is -4.19. The number of alkyl halides is 2. The highest BCUT2D eigenvalue weighted by Crippen LogP contribution is 2.41. The summed E-state index contributed by atoms with van der Waals surface area (Å²) in [5.74, 6) is -4.14. The fraction of sp³-hybridized carbons (Fsp3) is 0.545. The normalized spacial score (nSPS) is 30.6. The molecule has 1 saturated heterocycles. The first-order valence-corrected chi connectivity index (χ1v) is 5.39. The lowest BCUT2D eigenvalue weighted by Crippen LogP contribution is -2.35. The number of anilines is 1. The van der Waals surface area contributed by atoms with E-state index in [-0.39, 0.29) is 5.82 Å². The van der Waals surface area contributed by atoms with Gasteiger partial charge in [-0.05, 0) is 13.0 Å². The highest BCUT2D eigenvalue weighted by Gasteiger charge is 2.50. The Hall–Kier alpha value is -1.83. The second kappa shape index (κ2) is 4.69. The Morgan fingerprint density at radius 3 is 3.05 bits per heavy atom. The summed E-state index contributed by atoms with van der Waals surface area (Å²) in [7, 11) is 0. The number of amides is 1. The largest absolute Gasteiger partial charge is 0.351 e. The number of nitrogens with one attached hydrogen (secondary N) is 1. The molecule has 0 radical (unpaired) electrons. The monoisotopic (exact) mass is 277 g/mol. The van der Waals surface area contributed by atoms with Gasteiger partial charge in [-0.1, -0.05) is 0 Å². The molecule has 0 bridgehead atoms. The molecule has 1 aliphatic rings. The van der Waals surface area contributed by atoms with Crippen LogP contribution in [-0.2, 0) is 9.53 Å². The van der Waals surface area contributed by atoms with Gasteiger partial charge in [0.1, 0.15) is 5.82 Å². The van der Waals surface area contributed by atoms with E-state index in [1.54, 1.807) is 0 Å². The first-order valence-electron chi connectivity index (χ1n) is 6.67. The molecular weight excluding hydrogens is 260 g/mol. The molecule has 104 valence electrons. The summed E-state index contributed by atoms with van der Waals surface area (Å²) in [6, 6.07) is 1.18. The summed E-state index contributed by atoms with van der Waals surface area (Å²) in [6.45, 7) is 0.706. The SMILES string of the molecule is [3H]C[C@H]1O[C@@H](n2ccc(NC(C)=O)nc2=O)C(F)(F)[C@H]1[3H]. The van der Waals surface area contributed by atoms with Gasteiger partial charge in [-0.25, -0.2) is 13.6 Å². The molecule has 2 rings (SSSR count). The molecule has 1 N–H and O–H groups in total. The van der Waals surface area contributed by atoms with Crippen molar-refractivity contribution in [3.8, 4) is 0 Å². The summed E-state index contributed by atoms with van der Waals surface area (Å²) >= 11 is 0. The Balaban J connectivity index is 2.34. The lowest BCUT2D eigenvalue weighted by molar-refractivity contribution is -0.116. The Kier molecular flexibility index (Phi) is 2.72. The number of hydrogen-bond acceptors (Lipinski definition) is 4. The quantitative estimate of drug-likeness (QED) is 0.880. The van der Waals surface area contributed by atoms with E-state index in [0.29, 0.717) is 4.57 Å². The molecule has 1 amide bonds. The minimum Gasteiger partial charge on any atom is -0.348 e. The molecule has 1 aromatic rings. The Morgan fingerprint density at radius 2 is 2.53 bits per heavy atom. The molecule has 1 aliphatic heterocycles. The van der Waals surface area contributed by atoms with Crippen LogP contribution in [0.3, 0.4) is 0 Å². The highest BCUT2D eigenvalue weighted by molar-refractivity contribution is 5.87. The molecule has 1 fully saturated rings. The van der Waals surface area contributed by atoms with Crippen LogP contribution < -0.4 is 11.0 Å². The minimum absolute atomic E-state index is 0.0653. The molecule has 1 aromatic heterocycles. The van der Waals surface area contributed by atoms with Crippen molar-refractivity contribution in [3.63, 3.8) is 0 Å². The van der Waals surface area contributed by atoms with Crippen molar-refractivity contribution in [3.05, 3.63) is 22.7 Å². The average Bonchev–Trinajstić information content (AvgIpc) is 2.61. The third-order valence-corrected chi connectivity index (χ3v) is 2.43. The highest BCUT2D eigenvalue weighted by atomic mass is 19.3. The second-order valence-electron chi connectivity index (χ2n) is 4.05. The van der Waals surface area contributed by atoms with Gasteiger partial charge in [-0.3, -0.25) is 9.36 Å². The van der Waals surface area contributed by atoms with Crippen molar-refractivity contribution in [2.75, 3.05) is 5.32 Å². The lowest BCUT2D eigenvalue weighted by Gasteiger charge is -2.19. The Bertz CT molecular complexity index is 611. The van der Waals surface area contributed by atoms with Crippen molar-refractivity contribution < 1.29 is 21.1 Å². The number of carbonyl (C=O) groups is 1. The predicted molar refractivity (Wildman–Crippen MR) is 61.9 cm³/mol. The maximum absolute atomic E-state index is 14.0. The van der Waals surface area contributed by atoms with Crippen LogP contribution in [0.4, 0.5) is 14.6 Å². The first-order chi connectivity index (χ1) is 9.77. The molecule has 2 heterocycles. The van der Waals surface area contributed by atoms with Gasteiger partial charge in [0.25, 0.3) is 5.92 Å². The lowest BCUT2D eigenvalue weighted by atomic mass is 10.2. The van der Waals surface area contributed by atoms with E-state index in [4.69, 9.17) is 7.48 Å². The number of aromatic nitrogens is 2. The van der Waals surface area contributed by atoms with Crippen molar-refractivity contribution >= 4 is 11.7 Å². The standard InChI is InChI=1S/C11H13F2N3O3/c1-6-5-11(12,13)9(19-6)16-4-3-8(14-7(2)17)15-10(16)18/h3-4,6,9H,5H2,1-2H3,(H,14,15,17,18)/t6-,9-/m1/s1/i1T,5T/t5-,6+,9+/m0. The van der Waals surface area contributed by atoms with E-state index in [1.807, 2.05) is 0 Å². The van der Waals surface area contributed by atoms with Gasteiger partial charge in [-0.2, -0.15) is 4.98 Å². The number of nitrogens with zero attached hydrogens (tertiary/aromatic N) is 2. The fourth-order valence-corrected chi connectivity index (χ4v) is 1.72. The van der Waals surface area contributed by atoms with Gasteiger partial charge in [0, 0.05) is 22.3 Å². The van der Waals surface area contributed by atoms with Crippen LogP contribution in [0.25, 0.3) is 0 Å². The van der Waals surface area contributed by atoms with Crippen LogP contribution in [0.2, 0.25) is 0 Å². The zero-order chi connectivity index (χ0) is 15.8. The van der Waals surface area contributed by atoms with E-state index in [1.165, 1.54) is 13.0 Å². The third-order valence-electron chi connectivity index (χ3n) is 2.43. The first kappa shape index (κ1) is 11.0. The topological polar surface area (TPSA) is 73.2 Å². The Morgan fingerprint density at radius 1 is 1.79 bits per heavy atom. The van der Waals surface area contributed by atoms with Gasteiger partial charge in [0.2, 0.25) is 12.1 Å². The summed E-state index contributed by atoms with van der Waals surface area (Å²) < 4.78 is 47.9. The maximum atomic E-state index is 14.0. The number of rotatable bonds is 2. The van der Waals surface area contributed by atoms with E-state index in [9.17, 15) is 18.4 Å². The molecule has 0 spiro atoms. The molecular formula is C11H13F2N3O3. The minimum atomic E-state index is -3.62. The zero-order valence-electron chi connectivity index (χ0n) is 12.0. The molecule has 8 heteroatoms. The van der Waals surface area contributed by atoms with E-state index < -0.39 is 43.1 Å². The second-order valence-corrected chi connectivity index (χ2v) is 4.05. The van der Waals surface area contributed by atoms with Gasteiger partial charge in [0.05, 0.1) is 6.10 Å². The van der Waals surface area contributed by atoms with Gasteiger partial charge in [0.15, 0.2) is 0 Å². The molecule has 6 nitrogen and oxygen atoms in total. The van der Waals surface area contributed by atoms with Gasteiger partial charge >= 0.3 is 5.69 Å². The van der Waals surface area contributed by atoms with Crippen LogP contribution in [0, 0.1) is 0 Å². The molecule has 0 unspecified atom stereocenters. The predicted octanol–water partition coefficient (Wildman–Crippen LogP) is 1.14. The number of halogens is 2. The number of carbonyl (C=O) groups excluding carboxylic acids is 1. The van der Waals surface area contributed by atoms with Crippen LogP contribution in [0.15, 0.2) is 17.1 Å². The fourth-order valence-electron chi connectivity index (χ4n) is 1.72. The summed E-state index contributed by atoms with van der Waals surface area (Å²) in [4.78, 5) is 26.1. The van der Waals surface area contributed by atoms with E-state index in [2.05, 4.69) is 10.3 Å². The molecule has 0 aliphatic carbocycles. The third kappa shape index (κ3) is 2.78. The van der Waals surface area contributed by atoms with E-state index in [0.717, 1.165) is 6.20 Å². The number of hydrogen-bond donors (Lipinski definition) is 1. The Labute approximate surface area is 110 Å². The van der Waals surface area contributed by atoms with E-state index >= 15 is 0 Å². The van der Waals surface area contributed by atoms with Crippen LogP contribution >= 0.6 is 0 Å². The number of ether oxygens (including phenoxy) is 1. The van der Waals surface area contributed by atoms with Crippen molar-refractivity contribution in [1.82, 2.24) is 9.55 Å². The molecule has 0 aromatic carbocycles. The summed E-state index contributed by atoms with van der Waals surface area (Å²) in [5, 5.41) is 2.25. The van der Waals surface area contributed by atoms with Gasteiger partial charge < -0.3 is 10.1 Å². The van der Waals surface area contributed by atoms with Crippen molar-refractivity contribution in [2.45, 2.75) is 38.5 Å². The summed E-state index contributed by atoms with van der Waals surface area (Å²) in [5.41, 5.74) is -1.04. The molecule has 3 atom stereocenters. The average molecular weight is 277 g/mol. The maximum Gasteiger partial charge on any atom is 0.351 e. The zero-order valence-corrected chi connectivity index (χ0v) is 9.97. The van der Waals surface area contributed by atoms with Crippen LogP contribution in [0.5, 0.6) is 0 Å². The van der Waals surface area contributed by atoms with Crippen molar-refractivity contribution in [1.29, 1.82) is 0 Å². The van der Waals surface area contributed by atoms with Crippen LogP contribution in [0.1, 0.15) is 29.2 Å². The molecule has 0 saturated carbocycles. The smallest absolute Gasteiger partial charge is 0.348 e. The van der Waals surface area contributed by atoms with Crippen LogP contribution in [-0.4, -0.2) is 27.5 Å². The van der Waals surface area contributed by atoms with Crippen molar-refractivity contribution in [2.24, 2.45) is 0 Å². The van der Waals surface area contributed by atoms with Gasteiger partial charge in [-0.15, -0.1) is 0 Å². The molecule has 19 heavy (non-hydrogen) atoms.